The van der Waals surface area contributed by atoms with Gasteiger partial charge in [0.05, 0.1) is 43.9 Å². The fraction of sp³-hybridized carbons (Fsp3) is 0.516. The molecule has 9 heteroatoms. The van der Waals surface area contributed by atoms with Gasteiger partial charge >= 0.3 is 0 Å². The average molecular weight is 543 g/mol. The summed E-state index contributed by atoms with van der Waals surface area (Å²) >= 11 is 0. The zero-order valence-corrected chi connectivity index (χ0v) is 23.2. The van der Waals surface area contributed by atoms with Crippen LogP contribution in [0.5, 0.6) is 11.5 Å². The van der Waals surface area contributed by atoms with E-state index in [9.17, 15) is 4.79 Å². The molecule has 3 aliphatic rings. The molecule has 1 saturated carbocycles. The molecule has 0 N–H and O–H groups in total. The number of benzene rings is 1. The van der Waals surface area contributed by atoms with Gasteiger partial charge in [0, 0.05) is 18.0 Å². The van der Waals surface area contributed by atoms with Crippen LogP contribution in [0.4, 0.5) is 0 Å². The van der Waals surface area contributed by atoms with E-state index in [1.807, 2.05) is 17.4 Å². The zero-order valence-electron chi connectivity index (χ0n) is 23.2. The van der Waals surface area contributed by atoms with Gasteiger partial charge in [-0.3, -0.25) is 4.79 Å². The molecule has 6 rings (SSSR count). The van der Waals surface area contributed by atoms with Crippen LogP contribution in [0.3, 0.4) is 0 Å². The summed E-state index contributed by atoms with van der Waals surface area (Å²) in [4.78, 5) is 26.3. The Labute approximate surface area is 235 Å². The number of carbonyl (C=O) groups is 1. The quantitative estimate of drug-likeness (QED) is 0.200. The largest absolute Gasteiger partial charge is 0.493 e. The number of aryl methyl sites for hydroxylation is 1. The van der Waals surface area contributed by atoms with Crippen molar-refractivity contribution in [2.24, 2.45) is 16.9 Å². The monoisotopic (exact) mass is 542 g/mol. The van der Waals surface area contributed by atoms with Crippen molar-refractivity contribution in [3.63, 3.8) is 0 Å². The van der Waals surface area contributed by atoms with Crippen LogP contribution in [-0.4, -0.2) is 55.9 Å². The summed E-state index contributed by atoms with van der Waals surface area (Å²) < 4.78 is 13.9. The second kappa shape index (κ2) is 12.2. The molecule has 0 saturated heterocycles. The Morgan fingerprint density at radius 3 is 2.62 bits per heavy atom. The third-order valence-corrected chi connectivity index (χ3v) is 8.50. The van der Waals surface area contributed by atoms with Gasteiger partial charge in [0.15, 0.2) is 17.1 Å². The van der Waals surface area contributed by atoms with Crippen molar-refractivity contribution in [2.45, 2.75) is 76.8 Å². The van der Waals surface area contributed by atoms with Gasteiger partial charge < -0.3 is 14.0 Å². The normalized spacial score (nSPS) is 21.7. The lowest BCUT2D eigenvalue weighted by atomic mass is 9.76. The SMILES string of the molecule is COc1ccc(C2=NN(C3CCCCCC3)C(=O)C3CC=CCC23)cc1OCCCCn1cnc2cncnc21. The highest BCUT2D eigenvalue weighted by Gasteiger charge is 2.42. The van der Waals surface area contributed by atoms with Crippen molar-refractivity contribution in [1.82, 2.24) is 24.5 Å². The number of rotatable bonds is 9. The number of carbonyl (C=O) groups excluding carboxylic acids is 1. The minimum atomic E-state index is -0.0447. The van der Waals surface area contributed by atoms with E-state index in [0.717, 1.165) is 67.5 Å². The van der Waals surface area contributed by atoms with Gasteiger partial charge in [-0.2, -0.15) is 5.10 Å². The molecule has 3 heterocycles. The zero-order chi connectivity index (χ0) is 27.3. The fourth-order valence-corrected chi connectivity index (χ4v) is 6.33. The van der Waals surface area contributed by atoms with Crippen LogP contribution >= 0.6 is 0 Å². The van der Waals surface area contributed by atoms with Crippen molar-refractivity contribution in [2.75, 3.05) is 13.7 Å². The molecule has 1 aliphatic heterocycles. The van der Waals surface area contributed by atoms with E-state index in [1.54, 1.807) is 19.6 Å². The Morgan fingerprint density at radius 1 is 0.975 bits per heavy atom. The van der Waals surface area contributed by atoms with Gasteiger partial charge in [0.1, 0.15) is 11.8 Å². The molecule has 1 amide bonds. The summed E-state index contributed by atoms with van der Waals surface area (Å²) in [7, 11) is 1.67. The van der Waals surface area contributed by atoms with E-state index in [-0.39, 0.29) is 23.8 Å². The highest BCUT2D eigenvalue weighted by molar-refractivity contribution is 6.07. The van der Waals surface area contributed by atoms with Gasteiger partial charge in [0.25, 0.3) is 0 Å². The van der Waals surface area contributed by atoms with Crippen molar-refractivity contribution >= 4 is 22.8 Å². The van der Waals surface area contributed by atoms with Crippen LogP contribution in [0.1, 0.15) is 69.8 Å². The fourth-order valence-electron chi connectivity index (χ4n) is 6.33. The summed E-state index contributed by atoms with van der Waals surface area (Å²) in [5.41, 5.74) is 3.67. The molecule has 1 aromatic carbocycles. The number of methoxy groups -OCH3 is 1. The average Bonchev–Trinajstić information content (AvgIpc) is 3.21. The number of hydrogen-bond donors (Lipinski definition) is 0. The number of aromatic nitrogens is 4. The number of imidazole rings is 1. The third-order valence-electron chi connectivity index (χ3n) is 8.50. The molecule has 9 nitrogen and oxygen atoms in total. The molecule has 2 aromatic heterocycles. The number of ether oxygens (including phenoxy) is 2. The van der Waals surface area contributed by atoms with Crippen LogP contribution in [0.2, 0.25) is 0 Å². The molecule has 2 unspecified atom stereocenters. The van der Waals surface area contributed by atoms with Gasteiger partial charge in [-0.25, -0.2) is 20.0 Å². The maximum Gasteiger partial charge on any atom is 0.247 e. The second-order valence-electron chi connectivity index (χ2n) is 11.1. The van der Waals surface area contributed by atoms with Crippen LogP contribution in [-0.2, 0) is 11.3 Å². The minimum Gasteiger partial charge on any atom is -0.493 e. The molecular formula is C31H38N6O3. The second-order valence-corrected chi connectivity index (χ2v) is 11.1. The number of hydrazone groups is 1. The molecule has 3 aromatic rings. The number of nitrogens with zero attached hydrogens (tertiary/aromatic N) is 6. The lowest BCUT2D eigenvalue weighted by Gasteiger charge is -2.40. The van der Waals surface area contributed by atoms with Crippen molar-refractivity contribution < 1.29 is 14.3 Å². The number of fused-ring (bicyclic) bond motifs is 2. The van der Waals surface area contributed by atoms with Gasteiger partial charge in [-0.15, -0.1) is 0 Å². The molecule has 210 valence electrons. The molecule has 40 heavy (non-hydrogen) atoms. The molecule has 0 radical (unpaired) electrons. The minimum absolute atomic E-state index is 0.0447. The Hall–Kier alpha value is -3.75. The van der Waals surface area contributed by atoms with E-state index in [4.69, 9.17) is 14.6 Å². The Bertz CT molecular complexity index is 1390. The van der Waals surface area contributed by atoms with Crippen molar-refractivity contribution in [3.8, 4) is 11.5 Å². The maximum absolute atomic E-state index is 13.6. The number of allylic oxidation sites excluding steroid dienone is 2. The first-order valence-electron chi connectivity index (χ1n) is 14.7. The van der Waals surface area contributed by atoms with Crippen LogP contribution in [0.25, 0.3) is 11.2 Å². The molecule has 1 fully saturated rings. The standard InChI is InChI=1S/C31H38N6O3/c1-39-27-15-14-22(18-28(27)40-17-9-8-16-36-21-34-26-19-32-20-33-30(26)36)29-24-12-6-7-13-25(24)31(38)37(35-29)23-10-4-2-3-5-11-23/h6-7,14-15,18-21,23-25H,2-5,8-13,16-17H2,1H3. The van der Waals surface area contributed by atoms with Crippen molar-refractivity contribution in [3.05, 3.63) is 54.8 Å². The summed E-state index contributed by atoms with van der Waals surface area (Å²) in [6, 6.07) is 6.27. The molecular weight excluding hydrogens is 504 g/mol. The first-order valence-corrected chi connectivity index (χ1v) is 14.7. The third kappa shape index (κ3) is 5.46. The van der Waals surface area contributed by atoms with Gasteiger partial charge in [0.2, 0.25) is 5.91 Å². The number of unbranched alkanes of at least 4 members (excludes halogenated alkanes) is 1. The maximum atomic E-state index is 13.6. The molecule has 2 aliphatic carbocycles. The lowest BCUT2D eigenvalue weighted by Crippen LogP contribution is -2.49. The predicted molar refractivity (Wildman–Crippen MR) is 153 cm³/mol. The molecule has 2 atom stereocenters. The van der Waals surface area contributed by atoms with Gasteiger partial charge in [-0.1, -0.05) is 37.8 Å². The number of hydrogen-bond acceptors (Lipinski definition) is 7. The Morgan fingerprint density at radius 2 is 1.80 bits per heavy atom. The van der Waals surface area contributed by atoms with E-state index in [0.29, 0.717) is 18.1 Å². The topological polar surface area (TPSA) is 94.7 Å². The van der Waals surface area contributed by atoms with Crippen LogP contribution in [0, 0.1) is 11.8 Å². The van der Waals surface area contributed by atoms with E-state index >= 15 is 0 Å². The molecule has 0 bridgehead atoms. The first kappa shape index (κ1) is 26.5. The summed E-state index contributed by atoms with van der Waals surface area (Å²) in [6.07, 6.45) is 19.8. The lowest BCUT2D eigenvalue weighted by molar-refractivity contribution is -0.140. The van der Waals surface area contributed by atoms with E-state index in [1.165, 1.54) is 25.7 Å². The summed E-state index contributed by atoms with van der Waals surface area (Å²) in [6.45, 7) is 1.38. The Kier molecular flexibility index (Phi) is 8.07. The smallest absolute Gasteiger partial charge is 0.247 e. The molecule has 0 spiro atoms. The van der Waals surface area contributed by atoms with Crippen LogP contribution in [0.15, 0.2) is 54.3 Å². The summed E-state index contributed by atoms with van der Waals surface area (Å²) in [5, 5.41) is 6.95. The Balaban J connectivity index is 1.18. The van der Waals surface area contributed by atoms with E-state index in [2.05, 4.69) is 43.8 Å². The predicted octanol–water partition coefficient (Wildman–Crippen LogP) is 5.55. The highest BCUT2D eigenvalue weighted by atomic mass is 16.5. The van der Waals surface area contributed by atoms with Crippen molar-refractivity contribution in [1.29, 1.82) is 0 Å². The first-order chi connectivity index (χ1) is 19.7. The summed E-state index contributed by atoms with van der Waals surface area (Å²) in [5.74, 6) is 1.66. The number of amides is 1. The van der Waals surface area contributed by atoms with Gasteiger partial charge in [-0.05, 0) is 56.7 Å². The van der Waals surface area contributed by atoms with E-state index < -0.39 is 0 Å². The van der Waals surface area contributed by atoms with Crippen LogP contribution < -0.4 is 9.47 Å². The highest BCUT2D eigenvalue weighted by Crippen LogP contribution is 2.39.